The lowest BCUT2D eigenvalue weighted by molar-refractivity contribution is -0.121. The van der Waals surface area contributed by atoms with Crippen LogP contribution in [0.5, 0.6) is 0 Å². The molecule has 1 aromatic heterocycles. The Morgan fingerprint density at radius 1 is 0.971 bits per heavy atom. The summed E-state index contributed by atoms with van der Waals surface area (Å²) in [6.45, 7) is 0.962. The Labute approximate surface area is 202 Å². The van der Waals surface area contributed by atoms with Gasteiger partial charge in [-0.05, 0) is 46.7 Å². The van der Waals surface area contributed by atoms with Crippen molar-refractivity contribution in [1.29, 1.82) is 0 Å². The van der Waals surface area contributed by atoms with Gasteiger partial charge in [0.05, 0.1) is 18.1 Å². The van der Waals surface area contributed by atoms with Crippen molar-refractivity contribution in [2.45, 2.75) is 4.90 Å². The first kappa shape index (κ1) is 23.0. The first-order valence-corrected chi connectivity index (χ1v) is 12.5. The summed E-state index contributed by atoms with van der Waals surface area (Å²) >= 11 is 0. The van der Waals surface area contributed by atoms with E-state index in [0.29, 0.717) is 43.0 Å². The molecule has 0 radical (unpaired) electrons. The van der Waals surface area contributed by atoms with E-state index in [1.54, 1.807) is 6.07 Å². The van der Waals surface area contributed by atoms with Gasteiger partial charge < -0.3 is 14.9 Å². The highest BCUT2D eigenvalue weighted by molar-refractivity contribution is 7.89. The van der Waals surface area contributed by atoms with Crippen LogP contribution in [0.15, 0.2) is 77.7 Å². The number of hydrogen-bond donors (Lipinski definition) is 1. The van der Waals surface area contributed by atoms with Crippen LogP contribution in [0.4, 0.5) is 5.69 Å². The van der Waals surface area contributed by atoms with Crippen molar-refractivity contribution in [1.82, 2.24) is 19.5 Å². The average Bonchev–Trinajstić information content (AvgIpc) is 3.31. The lowest BCUT2D eigenvalue weighted by Crippen LogP contribution is -2.40. The molecule has 2 heterocycles. The molecule has 1 N–H and O–H groups in total. The monoisotopic (exact) mass is 493 g/mol. The van der Waals surface area contributed by atoms with Gasteiger partial charge in [0, 0.05) is 18.8 Å². The number of rotatable bonds is 7. The number of amides is 1. The van der Waals surface area contributed by atoms with E-state index in [1.165, 1.54) is 16.4 Å². The summed E-state index contributed by atoms with van der Waals surface area (Å²) in [5.41, 5.74) is 3.54. The van der Waals surface area contributed by atoms with Gasteiger partial charge in [0.25, 0.3) is 5.91 Å². The molecule has 0 spiro atoms. The predicted octanol–water partition coefficient (Wildman–Crippen LogP) is 2.19. The van der Waals surface area contributed by atoms with Crippen LogP contribution in [0.25, 0.3) is 22.2 Å². The Balaban J connectivity index is 1.25. The van der Waals surface area contributed by atoms with Crippen LogP contribution in [0.3, 0.4) is 0 Å². The summed E-state index contributed by atoms with van der Waals surface area (Å²) in [6.07, 6.45) is 0. The van der Waals surface area contributed by atoms with Gasteiger partial charge in [-0.2, -0.15) is 4.31 Å². The summed E-state index contributed by atoms with van der Waals surface area (Å²) in [4.78, 5) is 19.1. The standard InChI is InChI=1S/C24H23N5O5S/c30-24(25-20-8-6-19(7-9-20)18-4-2-1-3-5-18)17-34-29-23-16-21(10-11-22(23)26-27-29)35(31,32)28-12-14-33-15-13-28/h1-11,16H,12-15,17H2,(H,25,30). The number of aromatic nitrogens is 3. The van der Waals surface area contributed by atoms with Crippen molar-refractivity contribution in [3.05, 3.63) is 72.8 Å². The van der Waals surface area contributed by atoms with Crippen molar-refractivity contribution >= 4 is 32.7 Å². The molecule has 180 valence electrons. The molecule has 1 saturated heterocycles. The fourth-order valence-corrected chi connectivity index (χ4v) is 5.19. The van der Waals surface area contributed by atoms with Crippen LogP contribution in [0, 0.1) is 0 Å². The second-order valence-corrected chi connectivity index (χ2v) is 9.83. The van der Waals surface area contributed by atoms with Crippen molar-refractivity contribution in [3.63, 3.8) is 0 Å². The number of carbonyl (C=O) groups is 1. The number of morpholine rings is 1. The fraction of sp³-hybridized carbons (Fsp3) is 0.208. The SMILES string of the molecule is O=C(COn1nnc2ccc(S(=O)(=O)N3CCOCC3)cc21)Nc1ccc(-c2ccccc2)cc1. The Hall–Kier alpha value is -3.80. The number of fused-ring (bicyclic) bond motifs is 1. The number of carbonyl (C=O) groups excluding carboxylic acids is 1. The summed E-state index contributed by atoms with van der Waals surface area (Å²) in [6, 6.07) is 21.9. The molecule has 0 aliphatic carbocycles. The third-order valence-corrected chi connectivity index (χ3v) is 7.48. The maximum Gasteiger partial charge on any atom is 0.265 e. The Morgan fingerprint density at radius 3 is 2.43 bits per heavy atom. The van der Waals surface area contributed by atoms with E-state index >= 15 is 0 Å². The van der Waals surface area contributed by atoms with Crippen molar-refractivity contribution in [2.75, 3.05) is 38.2 Å². The van der Waals surface area contributed by atoms with E-state index in [0.717, 1.165) is 16.0 Å². The molecular formula is C24H23N5O5S. The number of hydrogen-bond acceptors (Lipinski definition) is 7. The summed E-state index contributed by atoms with van der Waals surface area (Å²) in [5.74, 6) is -0.391. The molecule has 35 heavy (non-hydrogen) atoms. The van der Waals surface area contributed by atoms with E-state index in [-0.39, 0.29) is 11.5 Å². The summed E-state index contributed by atoms with van der Waals surface area (Å²) in [5, 5.41) is 10.6. The summed E-state index contributed by atoms with van der Waals surface area (Å²) in [7, 11) is -3.69. The molecule has 0 saturated carbocycles. The average molecular weight is 494 g/mol. The second-order valence-electron chi connectivity index (χ2n) is 7.89. The van der Waals surface area contributed by atoms with E-state index in [9.17, 15) is 13.2 Å². The molecule has 1 aliphatic rings. The van der Waals surface area contributed by atoms with E-state index in [1.807, 2.05) is 54.6 Å². The zero-order valence-corrected chi connectivity index (χ0v) is 19.5. The summed E-state index contributed by atoms with van der Waals surface area (Å²) < 4.78 is 32.5. The van der Waals surface area contributed by atoms with Crippen LogP contribution in [0.1, 0.15) is 0 Å². The zero-order valence-electron chi connectivity index (χ0n) is 18.7. The zero-order chi connectivity index (χ0) is 24.3. The number of nitrogens with zero attached hydrogens (tertiary/aromatic N) is 4. The van der Waals surface area contributed by atoms with E-state index in [4.69, 9.17) is 9.57 Å². The maximum absolute atomic E-state index is 13.0. The largest absolute Gasteiger partial charge is 0.385 e. The van der Waals surface area contributed by atoms with Crippen LogP contribution in [-0.4, -0.2) is 66.7 Å². The highest BCUT2D eigenvalue weighted by atomic mass is 32.2. The van der Waals surface area contributed by atoms with Gasteiger partial charge in [0.2, 0.25) is 10.0 Å². The molecule has 3 aromatic carbocycles. The van der Waals surface area contributed by atoms with Crippen molar-refractivity contribution in [2.24, 2.45) is 0 Å². The lowest BCUT2D eigenvalue weighted by Gasteiger charge is -2.26. The number of nitrogens with one attached hydrogen (secondary N) is 1. The number of anilines is 1. The normalized spacial score (nSPS) is 14.6. The van der Waals surface area contributed by atoms with Crippen LogP contribution < -0.4 is 10.2 Å². The number of benzene rings is 3. The highest BCUT2D eigenvalue weighted by Gasteiger charge is 2.27. The van der Waals surface area contributed by atoms with Gasteiger partial charge in [-0.1, -0.05) is 47.3 Å². The molecule has 5 rings (SSSR count). The minimum Gasteiger partial charge on any atom is -0.385 e. The van der Waals surface area contributed by atoms with Gasteiger partial charge in [0.1, 0.15) is 11.0 Å². The quantitative estimate of drug-likeness (QED) is 0.420. The number of ether oxygens (including phenoxy) is 1. The molecule has 4 aromatic rings. The smallest absolute Gasteiger partial charge is 0.265 e. The van der Waals surface area contributed by atoms with Crippen LogP contribution >= 0.6 is 0 Å². The molecule has 1 fully saturated rings. The highest BCUT2D eigenvalue weighted by Crippen LogP contribution is 2.22. The van der Waals surface area contributed by atoms with Crippen LogP contribution in [0.2, 0.25) is 0 Å². The van der Waals surface area contributed by atoms with Crippen LogP contribution in [-0.2, 0) is 19.6 Å². The third-order valence-electron chi connectivity index (χ3n) is 5.59. The van der Waals surface area contributed by atoms with Gasteiger partial charge in [-0.25, -0.2) is 8.42 Å². The predicted molar refractivity (Wildman–Crippen MR) is 129 cm³/mol. The molecule has 1 aliphatic heterocycles. The molecular weight excluding hydrogens is 470 g/mol. The maximum atomic E-state index is 13.0. The minimum atomic E-state index is -3.69. The Bertz CT molecular complexity index is 1430. The topological polar surface area (TPSA) is 116 Å². The number of sulfonamides is 1. The fourth-order valence-electron chi connectivity index (χ4n) is 3.76. The van der Waals surface area contributed by atoms with Gasteiger partial charge in [-0.15, -0.1) is 5.10 Å². The first-order chi connectivity index (χ1) is 17.0. The third kappa shape index (κ3) is 5.02. The Kier molecular flexibility index (Phi) is 6.45. The van der Waals surface area contributed by atoms with Gasteiger partial charge >= 0.3 is 0 Å². The second kappa shape index (κ2) is 9.82. The molecule has 0 bridgehead atoms. The molecule has 0 atom stereocenters. The molecule has 10 nitrogen and oxygen atoms in total. The van der Waals surface area contributed by atoms with E-state index < -0.39 is 15.9 Å². The first-order valence-electron chi connectivity index (χ1n) is 11.0. The van der Waals surface area contributed by atoms with Crippen molar-refractivity contribution in [3.8, 4) is 11.1 Å². The van der Waals surface area contributed by atoms with E-state index in [2.05, 4.69) is 15.6 Å². The molecule has 0 unspecified atom stereocenters. The lowest BCUT2D eigenvalue weighted by atomic mass is 10.1. The van der Waals surface area contributed by atoms with Crippen molar-refractivity contribution < 1.29 is 22.8 Å². The van der Waals surface area contributed by atoms with Gasteiger partial charge in [0.15, 0.2) is 6.61 Å². The molecule has 1 amide bonds. The minimum absolute atomic E-state index is 0.0991. The van der Waals surface area contributed by atoms with Gasteiger partial charge in [-0.3, -0.25) is 4.79 Å². The Morgan fingerprint density at radius 2 is 1.69 bits per heavy atom. The molecule has 11 heteroatoms.